The van der Waals surface area contributed by atoms with Gasteiger partial charge in [0, 0.05) is 45.1 Å². The Morgan fingerprint density at radius 2 is 2.55 bits per heavy atom. The molecule has 6 heteroatoms. The first-order chi connectivity index (χ1) is 9.75. The van der Waals surface area contributed by atoms with Crippen molar-refractivity contribution in [2.24, 2.45) is 0 Å². The lowest BCUT2D eigenvalue weighted by Crippen LogP contribution is -2.38. The maximum absolute atomic E-state index is 11.9. The fourth-order valence-corrected chi connectivity index (χ4v) is 2.39. The van der Waals surface area contributed by atoms with Crippen LogP contribution < -0.4 is 5.32 Å². The number of amides is 2. The molecule has 0 bridgehead atoms. The molecule has 0 aliphatic carbocycles. The largest absolute Gasteiger partial charge is 0.378 e. The summed E-state index contributed by atoms with van der Waals surface area (Å²) in [6, 6.07) is -0.0168. The number of carbonyl (C=O) groups excluding carboxylic acids is 1. The van der Waals surface area contributed by atoms with Gasteiger partial charge in [-0.3, -0.25) is 0 Å². The predicted octanol–water partition coefficient (Wildman–Crippen LogP) is 1.55. The third-order valence-electron chi connectivity index (χ3n) is 3.62. The first kappa shape index (κ1) is 14.8. The van der Waals surface area contributed by atoms with Gasteiger partial charge in [-0.2, -0.15) is 0 Å². The Morgan fingerprint density at radius 1 is 1.65 bits per heavy atom. The Kier molecular flexibility index (Phi) is 5.86. The van der Waals surface area contributed by atoms with E-state index >= 15 is 0 Å². The molecule has 1 fully saturated rings. The summed E-state index contributed by atoms with van der Waals surface area (Å²) in [4.78, 5) is 20.6. The van der Waals surface area contributed by atoms with E-state index in [4.69, 9.17) is 4.74 Å². The van der Waals surface area contributed by atoms with Gasteiger partial charge < -0.3 is 19.9 Å². The van der Waals surface area contributed by atoms with E-state index in [1.54, 1.807) is 17.4 Å². The Hall–Kier alpha value is -1.56. The van der Waals surface area contributed by atoms with Crippen molar-refractivity contribution >= 4 is 6.03 Å². The van der Waals surface area contributed by atoms with Crippen LogP contribution >= 0.6 is 0 Å². The van der Waals surface area contributed by atoms with Gasteiger partial charge in [0.25, 0.3) is 0 Å². The van der Waals surface area contributed by atoms with Gasteiger partial charge in [0.2, 0.25) is 0 Å². The topological polar surface area (TPSA) is 70.2 Å². The van der Waals surface area contributed by atoms with Crippen LogP contribution in [0.4, 0.5) is 4.79 Å². The number of imidazole rings is 1. The molecule has 6 nitrogen and oxygen atoms in total. The number of H-pyrrole nitrogens is 1. The molecule has 112 valence electrons. The maximum Gasteiger partial charge on any atom is 0.317 e. The van der Waals surface area contributed by atoms with Gasteiger partial charge in [0.15, 0.2) is 0 Å². The normalized spacial score (nSPS) is 18.1. The molecular weight excluding hydrogens is 256 g/mol. The molecular formula is C14H24N4O2. The van der Waals surface area contributed by atoms with Crippen LogP contribution in [0.5, 0.6) is 0 Å². The number of nitrogens with one attached hydrogen (secondary N) is 2. The monoisotopic (exact) mass is 280 g/mol. The minimum Gasteiger partial charge on any atom is -0.378 e. The molecule has 0 radical (unpaired) electrons. The minimum atomic E-state index is -0.0168. The first-order valence-corrected chi connectivity index (χ1v) is 7.33. The average Bonchev–Trinajstić information content (AvgIpc) is 3.11. The molecule has 0 saturated carbocycles. The van der Waals surface area contributed by atoms with Crippen LogP contribution in [-0.2, 0) is 11.2 Å². The second kappa shape index (κ2) is 7.89. The Morgan fingerprint density at radius 3 is 3.25 bits per heavy atom. The number of aromatic amines is 1. The SMILES string of the molecule is CN(CCC[C@@H]1CCCO1)C(=O)NCCc1cnc[nH]1. The molecule has 1 aliphatic heterocycles. The molecule has 1 atom stereocenters. The smallest absolute Gasteiger partial charge is 0.317 e. The van der Waals surface area contributed by atoms with Crippen molar-refractivity contribution in [3.05, 3.63) is 18.2 Å². The minimum absolute atomic E-state index is 0.0168. The van der Waals surface area contributed by atoms with E-state index in [9.17, 15) is 4.79 Å². The van der Waals surface area contributed by atoms with Gasteiger partial charge in [-0.05, 0) is 25.7 Å². The molecule has 1 aromatic heterocycles. The molecule has 2 rings (SSSR count). The molecule has 0 unspecified atom stereocenters. The Bertz CT molecular complexity index is 388. The summed E-state index contributed by atoms with van der Waals surface area (Å²) >= 11 is 0. The van der Waals surface area contributed by atoms with Gasteiger partial charge in [0.05, 0.1) is 12.4 Å². The molecule has 1 saturated heterocycles. The van der Waals surface area contributed by atoms with E-state index in [2.05, 4.69) is 15.3 Å². The highest BCUT2D eigenvalue weighted by Gasteiger charge is 2.15. The summed E-state index contributed by atoms with van der Waals surface area (Å²) in [7, 11) is 1.83. The van der Waals surface area contributed by atoms with Crippen molar-refractivity contribution in [2.45, 2.75) is 38.2 Å². The van der Waals surface area contributed by atoms with Gasteiger partial charge in [0.1, 0.15) is 0 Å². The summed E-state index contributed by atoms with van der Waals surface area (Å²) in [5.74, 6) is 0. The van der Waals surface area contributed by atoms with E-state index < -0.39 is 0 Å². The van der Waals surface area contributed by atoms with Crippen LogP contribution in [0.25, 0.3) is 0 Å². The van der Waals surface area contributed by atoms with Crippen molar-refractivity contribution in [3.8, 4) is 0 Å². The number of ether oxygens (including phenoxy) is 1. The zero-order valence-electron chi connectivity index (χ0n) is 12.1. The van der Waals surface area contributed by atoms with Crippen LogP contribution in [0.15, 0.2) is 12.5 Å². The van der Waals surface area contributed by atoms with Crippen molar-refractivity contribution < 1.29 is 9.53 Å². The van der Waals surface area contributed by atoms with E-state index in [1.165, 1.54) is 12.8 Å². The fraction of sp³-hybridized carbons (Fsp3) is 0.714. The third-order valence-corrected chi connectivity index (χ3v) is 3.62. The zero-order chi connectivity index (χ0) is 14.2. The fourth-order valence-electron chi connectivity index (χ4n) is 2.39. The highest BCUT2D eigenvalue weighted by atomic mass is 16.5. The molecule has 20 heavy (non-hydrogen) atoms. The van der Waals surface area contributed by atoms with Gasteiger partial charge in [-0.15, -0.1) is 0 Å². The van der Waals surface area contributed by atoms with Crippen molar-refractivity contribution in [3.63, 3.8) is 0 Å². The maximum atomic E-state index is 11.9. The second-order valence-electron chi connectivity index (χ2n) is 5.26. The number of aromatic nitrogens is 2. The lowest BCUT2D eigenvalue weighted by atomic mass is 10.1. The zero-order valence-corrected chi connectivity index (χ0v) is 12.1. The van der Waals surface area contributed by atoms with Crippen molar-refractivity contribution in [1.82, 2.24) is 20.2 Å². The van der Waals surface area contributed by atoms with Crippen LogP contribution in [0.2, 0.25) is 0 Å². The summed E-state index contributed by atoms with van der Waals surface area (Å²) in [6.07, 6.45) is 8.99. The lowest BCUT2D eigenvalue weighted by Gasteiger charge is -2.18. The van der Waals surface area contributed by atoms with Crippen LogP contribution in [-0.4, -0.2) is 53.7 Å². The Labute approximate surface area is 119 Å². The Balaban J connectivity index is 1.54. The van der Waals surface area contributed by atoms with E-state index in [0.717, 1.165) is 38.1 Å². The number of nitrogens with zero attached hydrogens (tertiary/aromatic N) is 2. The standard InChI is InChI=1S/C14H24N4O2/c1-18(8-2-4-13-5-3-9-20-13)14(19)16-7-6-12-10-15-11-17-12/h10-11,13H,2-9H2,1H3,(H,15,17)(H,16,19)/t13-/m1/s1. The number of rotatable bonds is 7. The second-order valence-corrected chi connectivity index (χ2v) is 5.26. The van der Waals surface area contributed by atoms with Gasteiger partial charge in [-0.25, -0.2) is 9.78 Å². The van der Waals surface area contributed by atoms with Crippen molar-refractivity contribution in [1.29, 1.82) is 0 Å². The van der Waals surface area contributed by atoms with Gasteiger partial charge in [-0.1, -0.05) is 0 Å². The summed E-state index contributed by atoms with van der Waals surface area (Å²) in [5, 5.41) is 2.91. The number of hydrogen-bond donors (Lipinski definition) is 2. The predicted molar refractivity (Wildman–Crippen MR) is 76.5 cm³/mol. The first-order valence-electron chi connectivity index (χ1n) is 7.33. The molecule has 2 N–H and O–H groups in total. The van der Waals surface area contributed by atoms with Crippen molar-refractivity contribution in [2.75, 3.05) is 26.7 Å². The van der Waals surface area contributed by atoms with Crippen LogP contribution in [0, 0.1) is 0 Å². The highest BCUT2D eigenvalue weighted by Crippen LogP contribution is 2.16. The molecule has 2 amide bonds. The van der Waals surface area contributed by atoms with E-state index in [-0.39, 0.29) is 6.03 Å². The van der Waals surface area contributed by atoms with E-state index in [1.807, 2.05) is 7.05 Å². The average molecular weight is 280 g/mol. The number of urea groups is 1. The molecule has 2 heterocycles. The number of hydrogen-bond acceptors (Lipinski definition) is 3. The number of carbonyl (C=O) groups is 1. The summed E-state index contributed by atoms with van der Waals surface area (Å²) in [5.41, 5.74) is 1.03. The quantitative estimate of drug-likeness (QED) is 0.796. The molecule has 1 aromatic rings. The highest BCUT2D eigenvalue weighted by molar-refractivity contribution is 5.73. The lowest BCUT2D eigenvalue weighted by molar-refractivity contribution is 0.100. The molecule has 1 aliphatic rings. The summed E-state index contributed by atoms with van der Waals surface area (Å²) < 4.78 is 5.57. The third kappa shape index (κ3) is 4.85. The van der Waals surface area contributed by atoms with Crippen LogP contribution in [0.3, 0.4) is 0 Å². The molecule has 0 spiro atoms. The summed E-state index contributed by atoms with van der Waals surface area (Å²) in [6.45, 7) is 2.29. The van der Waals surface area contributed by atoms with Crippen LogP contribution in [0.1, 0.15) is 31.4 Å². The molecule has 0 aromatic carbocycles. The van der Waals surface area contributed by atoms with Gasteiger partial charge >= 0.3 is 6.03 Å². The van der Waals surface area contributed by atoms with E-state index in [0.29, 0.717) is 12.6 Å².